The summed E-state index contributed by atoms with van der Waals surface area (Å²) in [6.45, 7) is 3.97. The molecular weight excluding hydrogens is 372 g/mol. The number of carbonyl (C=O) groups excluding carboxylic acids is 1. The molecule has 0 aliphatic carbocycles. The maximum atomic E-state index is 12.7. The molecule has 1 unspecified atom stereocenters. The van der Waals surface area contributed by atoms with Crippen LogP contribution in [0.4, 0.5) is 0 Å². The number of aryl methyl sites for hydroxylation is 2. The van der Waals surface area contributed by atoms with Gasteiger partial charge in [-0.2, -0.15) is 0 Å². The van der Waals surface area contributed by atoms with Gasteiger partial charge >= 0.3 is 5.97 Å². The fourth-order valence-corrected chi connectivity index (χ4v) is 4.29. The quantitative estimate of drug-likeness (QED) is 0.852. The van der Waals surface area contributed by atoms with Gasteiger partial charge in [0.25, 0.3) is 5.91 Å². The van der Waals surface area contributed by atoms with Crippen LogP contribution in [-0.4, -0.2) is 42.7 Å². The van der Waals surface area contributed by atoms with E-state index in [0.717, 1.165) is 4.88 Å². The molecule has 7 nitrogen and oxygen atoms in total. The molecule has 0 saturated heterocycles. The monoisotopic (exact) mass is 384 g/mol. The molecule has 2 aromatic rings. The van der Waals surface area contributed by atoms with Crippen LogP contribution in [0.25, 0.3) is 0 Å². The summed E-state index contributed by atoms with van der Waals surface area (Å²) < 4.78 is 2.46. The third-order valence-corrected chi connectivity index (χ3v) is 5.39. The van der Waals surface area contributed by atoms with Gasteiger partial charge in [-0.15, -0.1) is 21.5 Å². The second-order valence-corrected chi connectivity index (χ2v) is 7.68. The van der Waals surface area contributed by atoms with Gasteiger partial charge in [0, 0.05) is 4.88 Å². The third kappa shape index (κ3) is 2.44. The Morgan fingerprint density at radius 1 is 1.41 bits per heavy atom. The second-order valence-electron chi connectivity index (χ2n) is 5.11. The number of carbonyl (C=O) groups is 2. The summed E-state index contributed by atoms with van der Waals surface area (Å²) in [6, 6.07) is 0.836. The molecule has 1 N–H and O–H groups in total. The maximum Gasteiger partial charge on any atom is 0.328 e. The van der Waals surface area contributed by atoms with Crippen molar-refractivity contribution in [1.29, 1.82) is 0 Å². The van der Waals surface area contributed by atoms with Crippen LogP contribution in [0.3, 0.4) is 0 Å². The van der Waals surface area contributed by atoms with E-state index in [2.05, 4.69) is 26.1 Å². The van der Waals surface area contributed by atoms with Crippen molar-refractivity contribution in [2.45, 2.75) is 33.0 Å². The number of rotatable bonds is 2. The fraction of sp³-hybridized carbons (Fsp3) is 0.385. The van der Waals surface area contributed by atoms with Gasteiger partial charge in [-0.25, -0.2) is 4.79 Å². The molecule has 3 heterocycles. The van der Waals surface area contributed by atoms with Crippen LogP contribution in [0.5, 0.6) is 0 Å². The largest absolute Gasteiger partial charge is 0.480 e. The number of carboxylic acids is 1. The van der Waals surface area contributed by atoms with E-state index in [0.29, 0.717) is 21.0 Å². The Hall–Kier alpha value is -1.74. The molecule has 0 saturated carbocycles. The molecule has 0 aromatic carbocycles. The van der Waals surface area contributed by atoms with Crippen molar-refractivity contribution >= 4 is 39.1 Å². The molecule has 1 aliphatic heterocycles. The van der Waals surface area contributed by atoms with Crippen LogP contribution < -0.4 is 0 Å². The molecule has 2 aromatic heterocycles. The highest BCUT2D eigenvalue weighted by Gasteiger charge is 2.37. The maximum absolute atomic E-state index is 12.7. The number of halogens is 1. The van der Waals surface area contributed by atoms with E-state index in [-0.39, 0.29) is 19.0 Å². The number of hydrogen-bond acceptors (Lipinski definition) is 5. The Morgan fingerprint density at radius 3 is 2.73 bits per heavy atom. The zero-order valence-corrected chi connectivity index (χ0v) is 14.3. The van der Waals surface area contributed by atoms with Gasteiger partial charge in [0.1, 0.15) is 11.9 Å². The number of nitrogens with zero attached hydrogens (tertiary/aromatic N) is 4. The average molecular weight is 385 g/mol. The van der Waals surface area contributed by atoms with Gasteiger partial charge in [0.2, 0.25) is 0 Å². The lowest BCUT2D eigenvalue weighted by molar-refractivity contribution is -0.143. The first-order valence-corrected chi connectivity index (χ1v) is 8.18. The molecule has 1 aliphatic rings. The summed E-state index contributed by atoms with van der Waals surface area (Å²) in [7, 11) is 0. The molecule has 116 valence electrons. The van der Waals surface area contributed by atoms with Crippen molar-refractivity contribution in [2.24, 2.45) is 0 Å². The zero-order chi connectivity index (χ0) is 16.0. The van der Waals surface area contributed by atoms with E-state index in [1.54, 1.807) is 17.6 Å². The molecular formula is C13H13BrN4O3S. The van der Waals surface area contributed by atoms with Gasteiger partial charge in [0.15, 0.2) is 5.82 Å². The van der Waals surface area contributed by atoms with Crippen LogP contribution >= 0.6 is 27.3 Å². The molecule has 0 bridgehead atoms. The molecule has 3 rings (SSSR count). The lowest BCUT2D eigenvalue weighted by Gasteiger charge is -2.33. The number of carboxylic acid groups (broad SMARTS) is 1. The SMILES string of the molecule is Cc1cc(C(=O)N2Cc3nnc(C)n3CC2C(=O)O)c(Br)s1. The van der Waals surface area contributed by atoms with Crippen LogP contribution in [0, 0.1) is 13.8 Å². The summed E-state index contributed by atoms with van der Waals surface area (Å²) >= 11 is 4.82. The summed E-state index contributed by atoms with van der Waals surface area (Å²) in [4.78, 5) is 26.7. The first kappa shape index (κ1) is 15.2. The van der Waals surface area contributed by atoms with Gasteiger partial charge in [-0.1, -0.05) is 0 Å². The number of aromatic nitrogens is 3. The van der Waals surface area contributed by atoms with Gasteiger partial charge < -0.3 is 14.6 Å². The predicted octanol–water partition coefficient (Wildman–Crippen LogP) is 1.83. The standard InChI is InChI=1S/C13H13BrN4O3S/c1-6-3-8(11(14)22-6)12(19)18-5-10-16-15-7(2)17(10)4-9(18)13(20)21/h3,9H,4-5H2,1-2H3,(H,20,21). The zero-order valence-electron chi connectivity index (χ0n) is 11.9. The topological polar surface area (TPSA) is 88.3 Å². The smallest absolute Gasteiger partial charge is 0.328 e. The lowest BCUT2D eigenvalue weighted by atomic mass is 10.1. The fourth-order valence-electron chi connectivity index (χ4n) is 2.52. The molecule has 1 amide bonds. The summed E-state index contributed by atoms with van der Waals surface area (Å²) in [5.74, 6) is -0.0852. The second kappa shape index (κ2) is 5.47. The van der Waals surface area contributed by atoms with E-state index in [4.69, 9.17) is 0 Å². The summed E-state index contributed by atoms with van der Waals surface area (Å²) in [5.41, 5.74) is 0.485. The minimum atomic E-state index is -1.03. The van der Waals surface area contributed by atoms with Crippen molar-refractivity contribution < 1.29 is 14.7 Å². The van der Waals surface area contributed by atoms with Gasteiger partial charge in [-0.3, -0.25) is 4.79 Å². The minimum Gasteiger partial charge on any atom is -0.480 e. The van der Waals surface area contributed by atoms with Crippen molar-refractivity contribution in [2.75, 3.05) is 0 Å². The third-order valence-electron chi connectivity index (χ3n) is 3.64. The Kier molecular flexibility index (Phi) is 3.77. The van der Waals surface area contributed by atoms with Crippen molar-refractivity contribution in [3.05, 3.63) is 31.9 Å². The number of aliphatic carboxylic acids is 1. The minimum absolute atomic E-state index is 0.137. The molecule has 0 radical (unpaired) electrons. The van der Waals surface area contributed by atoms with E-state index in [9.17, 15) is 14.7 Å². The van der Waals surface area contributed by atoms with Gasteiger partial charge in [-0.05, 0) is 35.8 Å². The number of thiophene rings is 1. The van der Waals surface area contributed by atoms with Crippen LogP contribution in [-0.2, 0) is 17.9 Å². The highest BCUT2D eigenvalue weighted by atomic mass is 79.9. The van der Waals surface area contributed by atoms with Crippen molar-refractivity contribution in [3.8, 4) is 0 Å². The lowest BCUT2D eigenvalue weighted by Crippen LogP contribution is -2.50. The normalized spacial score (nSPS) is 17.4. The van der Waals surface area contributed by atoms with Crippen LogP contribution in [0.15, 0.2) is 9.85 Å². The van der Waals surface area contributed by atoms with E-state index in [1.807, 2.05) is 6.92 Å². The van der Waals surface area contributed by atoms with E-state index < -0.39 is 12.0 Å². The van der Waals surface area contributed by atoms with Crippen LogP contribution in [0.2, 0.25) is 0 Å². The Bertz CT molecular complexity index is 769. The van der Waals surface area contributed by atoms with Crippen LogP contribution in [0.1, 0.15) is 26.9 Å². The highest BCUT2D eigenvalue weighted by molar-refractivity contribution is 9.11. The first-order chi connectivity index (χ1) is 10.4. The molecule has 22 heavy (non-hydrogen) atoms. The molecule has 9 heteroatoms. The highest BCUT2D eigenvalue weighted by Crippen LogP contribution is 2.30. The number of fused-ring (bicyclic) bond motifs is 1. The summed E-state index contributed by atoms with van der Waals surface area (Å²) in [5, 5.41) is 17.5. The molecule has 0 fully saturated rings. The molecule has 1 atom stereocenters. The Balaban J connectivity index is 1.99. The number of hydrogen-bond donors (Lipinski definition) is 1. The first-order valence-electron chi connectivity index (χ1n) is 6.57. The van der Waals surface area contributed by atoms with Crippen molar-refractivity contribution in [1.82, 2.24) is 19.7 Å². The Morgan fingerprint density at radius 2 is 2.14 bits per heavy atom. The van der Waals surface area contributed by atoms with E-state index >= 15 is 0 Å². The predicted molar refractivity (Wildman–Crippen MR) is 82.8 cm³/mol. The Labute approximate surface area is 138 Å². The van der Waals surface area contributed by atoms with E-state index in [1.165, 1.54) is 16.2 Å². The molecule has 0 spiro atoms. The average Bonchev–Trinajstić information content (AvgIpc) is 2.99. The summed E-state index contributed by atoms with van der Waals surface area (Å²) in [6.07, 6.45) is 0. The van der Waals surface area contributed by atoms with Crippen molar-refractivity contribution in [3.63, 3.8) is 0 Å². The van der Waals surface area contributed by atoms with Gasteiger partial charge in [0.05, 0.1) is 22.4 Å². The number of amides is 1.